The van der Waals surface area contributed by atoms with Crippen LogP contribution in [0.3, 0.4) is 0 Å². The number of hydrogen-bond donors (Lipinski definition) is 1. The van der Waals surface area contributed by atoms with E-state index in [0.29, 0.717) is 6.04 Å². The molecule has 0 radical (unpaired) electrons. The Bertz CT molecular complexity index is 325. The first-order chi connectivity index (χ1) is 7.77. The molecule has 0 amide bonds. The van der Waals surface area contributed by atoms with E-state index in [1.807, 2.05) is 0 Å². The van der Waals surface area contributed by atoms with Crippen molar-refractivity contribution in [3.05, 3.63) is 29.8 Å². The summed E-state index contributed by atoms with van der Waals surface area (Å²) in [4.78, 5) is 2.17. The third-order valence-corrected chi connectivity index (χ3v) is 3.35. The zero-order valence-corrected chi connectivity index (χ0v) is 10.4. The minimum Gasteiger partial charge on any atom is -0.378 e. The van der Waals surface area contributed by atoms with E-state index in [1.54, 1.807) is 0 Å². The molecular weight excluding hydrogens is 196 g/mol. The van der Waals surface area contributed by atoms with Crippen LogP contribution in [0.25, 0.3) is 0 Å². The first kappa shape index (κ1) is 11.5. The van der Waals surface area contributed by atoms with Gasteiger partial charge in [-0.1, -0.05) is 25.0 Å². The van der Waals surface area contributed by atoms with Gasteiger partial charge in [0.15, 0.2) is 0 Å². The smallest absolute Gasteiger partial charge is 0.0364 e. The quantitative estimate of drug-likeness (QED) is 0.821. The normalized spacial score (nSPS) is 21.5. The van der Waals surface area contributed by atoms with E-state index >= 15 is 0 Å². The fourth-order valence-electron chi connectivity index (χ4n) is 2.33. The Balaban J connectivity index is 2.15. The lowest BCUT2D eigenvalue weighted by molar-refractivity contribution is 0.535. The van der Waals surface area contributed by atoms with Gasteiger partial charge < -0.3 is 10.2 Å². The SMILES string of the molecule is CN(C)c1cccc([C@H]2CCCCCN2)c1. The number of nitrogens with one attached hydrogen (secondary N) is 1. The van der Waals surface area contributed by atoms with Gasteiger partial charge in [0, 0.05) is 25.8 Å². The van der Waals surface area contributed by atoms with Gasteiger partial charge in [0.05, 0.1) is 0 Å². The zero-order valence-electron chi connectivity index (χ0n) is 10.4. The van der Waals surface area contributed by atoms with Gasteiger partial charge in [-0.2, -0.15) is 0 Å². The predicted octanol–water partition coefficient (Wildman–Crippen LogP) is 2.96. The van der Waals surface area contributed by atoms with E-state index in [4.69, 9.17) is 0 Å². The molecule has 1 aromatic carbocycles. The summed E-state index contributed by atoms with van der Waals surface area (Å²) in [6, 6.07) is 9.44. The van der Waals surface area contributed by atoms with Crippen molar-refractivity contribution in [2.75, 3.05) is 25.5 Å². The molecule has 0 spiro atoms. The summed E-state index contributed by atoms with van der Waals surface area (Å²) in [7, 11) is 4.19. The standard InChI is InChI=1S/C14H22N2/c1-16(2)13-8-6-7-12(11-13)14-9-4-3-5-10-15-14/h6-8,11,14-15H,3-5,9-10H2,1-2H3/t14-/m1/s1. The van der Waals surface area contributed by atoms with Gasteiger partial charge in [0.1, 0.15) is 0 Å². The Kier molecular flexibility index (Phi) is 3.83. The van der Waals surface area contributed by atoms with Crippen molar-refractivity contribution in [1.82, 2.24) is 5.32 Å². The number of rotatable bonds is 2. The molecule has 1 N–H and O–H groups in total. The minimum absolute atomic E-state index is 0.558. The van der Waals surface area contributed by atoms with Crippen molar-refractivity contribution < 1.29 is 0 Å². The molecule has 0 aromatic heterocycles. The second-order valence-corrected chi connectivity index (χ2v) is 4.85. The molecule has 88 valence electrons. The van der Waals surface area contributed by atoms with Crippen molar-refractivity contribution >= 4 is 5.69 Å². The molecule has 1 aliphatic heterocycles. The third-order valence-electron chi connectivity index (χ3n) is 3.35. The van der Waals surface area contributed by atoms with E-state index in [0.717, 1.165) is 6.54 Å². The topological polar surface area (TPSA) is 15.3 Å². The molecular formula is C14H22N2. The van der Waals surface area contributed by atoms with Crippen molar-refractivity contribution in [3.8, 4) is 0 Å². The maximum atomic E-state index is 3.65. The average Bonchev–Trinajstić information content (AvgIpc) is 2.57. The van der Waals surface area contributed by atoms with Crippen LogP contribution < -0.4 is 10.2 Å². The molecule has 0 aliphatic carbocycles. The molecule has 0 bridgehead atoms. The molecule has 0 unspecified atom stereocenters. The number of hydrogen-bond acceptors (Lipinski definition) is 2. The summed E-state index contributed by atoms with van der Waals surface area (Å²) in [6.45, 7) is 1.16. The van der Waals surface area contributed by atoms with Crippen LogP contribution in [0, 0.1) is 0 Å². The molecule has 2 nitrogen and oxygen atoms in total. The van der Waals surface area contributed by atoms with Crippen LogP contribution in [0.5, 0.6) is 0 Å². The van der Waals surface area contributed by atoms with Crippen molar-refractivity contribution in [3.63, 3.8) is 0 Å². The highest BCUT2D eigenvalue weighted by atomic mass is 15.1. The van der Waals surface area contributed by atoms with Crippen LogP contribution in [-0.2, 0) is 0 Å². The summed E-state index contributed by atoms with van der Waals surface area (Å²) >= 11 is 0. The van der Waals surface area contributed by atoms with E-state index in [9.17, 15) is 0 Å². The number of benzene rings is 1. The summed E-state index contributed by atoms with van der Waals surface area (Å²) in [5, 5.41) is 3.65. The summed E-state index contributed by atoms with van der Waals surface area (Å²) in [6.07, 6.45) is 5.32. The van der Waals surface area contributed by atoms with Crippen molar-refractivity contribution in [2.45, 2.75) is 31.7 Å². The maximum absolute atomic E-state index is 3.65. The van der Waals surface area contributed by atoms with Gasteiger partial charge in [-0.05, 0) is 37.1 Å². The van der Waals surface area contributed by atoms with Gasteiger partial charge in [0.2, 0.25) is 0 Å². The van der Waals surface area contributed by atoms with Crippen molar-refractivity contribution in [1.29, 1.82) is 0 Å². The van der Waals surface area contributed by atoms with Crippen LogP contribution in [0.2, 0.25) is 0 Å². The average molecular weight is 218 g/mol. The highest BCUT2D eigenvalue weighted by Gasteiger charge is 2.13. The Morgan fingerprint density at radius 1 is 1.19 bits per heavy atom. The number of anilines is 1. The van der Waals surface area contributed by atoms with Gasteiger partial charge >= 0.3 is 0 Å². The molecule has 1 aromatic rings. The molecule has 2 rings (SSSR count). The van der Waals surface area contributed by atoms with Crippen LogP contribution >= 0.6 is 0 Å². The summed E-state index contributed by atoms with van der Waals surface area (Å²) < 4.78 is 0. The highest BCUT2D eigenvalue weighted by molar-refractivity contribution is 5.47. The van der Waals surface area contributed by atoms with Crippen LogP contribution in [-0.4, -0.2) is 20.6 Å². The summed E-state index contributed by atoms with van der Waals surface area (Å²) in [5.41, 5.74) is 2.73. The Labute approximate surface area is 98.7 Å². The highest BCUT2D eigenvalue weighted by Crippen LogP contribution is 2.25. The van der Waals surface area contributed by atoms with Crippen LogP contribution in [0.4, 0.5) is 5.69 Å². The fourth-order valence-corrected chi connectivity index (χ4v) is 2.33. The maximum Gasteiger partial charge on any atom is 0.0364 e. The monoisotopic (exact) mass is 218 g/mol. The second kappa shape index (κ2) is 5.35. The molecule has 1 saturated heterocycles. The van der Waals surface area contributed by atoms with Gasteiger partial charge in [-0.3, -0.25) is 0 Å². The molecule has 1 heterocycles. The lowest BCUT2D eigenvalue weighted by Crippen LogP contribution is -2.20. The third kappa shape index (κ3) is 2.76. The van der Waals surface area contributed by atoms with Crippen LogP contribution in [0.15, 0.2) is 24.3 Å². The van der Waals surface area contributed by atoms with E-state index in [1.165, 1.54) is 36.9 Å². The minimum atomic E-state index is 0.558. The Morgan fingerprint density at radius 3 is 2.88 bits per heavy atom. The molecule has 1 fully saturated rings. The second-order valence-electron chi connectivity index (χ2n) is 4.85. The Hall–Kier alpha value is -1.02. The summed E-state index contributed by atoms with van der Waals surface area (Å²) in [5.74, 6) is 0. The molecule has 16 heavy (non-hydrogen) atoms. The molecule has 1 aliphatic rings. The van der Waals surface area contributed by atoms with E-state index in [2.05, 4.69) is 48.6 Å². The molecule has 2 heteroatoms. The van der Waals surface area contributed by atoms with Crippen molar-refractivity contribution in [2.24, 2.45) is 0 Å². The predicted molar refractivity (Wildman–Crippen MR) is 70.0 cm³/mol. The first-order valence-electron chi connectivity index (χ1n) is 6.28. The zero-order chi connectivity index (χ0) is 11.4. The fraction of sp³-hybridized carbons (Fsp3) is 0.571. The molecule has 0 saturated carbocycles. The van der Waals surface area contributed by atoms with Gasteiger partial charge in [-0.25, -0.2) is 0 Å². The van der Waals surface area contributed by atoms with Gasteiger partial charge in [0.25, 0.3) is 0 Å². The van der Waals surface area contributed by atoms with E-state index < -0.39 is 0 Å². The van der Waals surface area contributed by atoms with Gasteiger partial charge in [-0.15, -0.1) is 0 Å². The Morgan fingerprint density at radius 2 is 2.06 bits per heavy atom. The molecule has 1 atom stereocenters. The number of nitrogens with zero attached hydrogens (tertiary/aromatic N) is 1. The largest absolute Gasteiger partial charge is 0.378 e. The lowest BCUT2D eigenvalue weighted by atomic mass is 10.0. The lowest BCUT2D eigenvalue weighted by Gasteiger charge is -2.19. The van der Waals surface area contributed by atoms with E-state index in [-0.39, 0.29) is 0 Å². The van der Waals surface area contributed by atoms with Crippen LogP contribution in [0.1, 0.15) is 37.3 Å². The first-order valence-corrected chi connectivity index (χ1v) is 6.28.